The van der Waals surface area contributed by atoms with E-state index in [1.807, 2.05) is 0 Å². The van der Waals surface area contributed by atoms with Crippen molar-refractivity contribution in [3.8, 4) is 0 Å². The van der Waals surface area contributed by atoms with Gasteiger partial charge in [0.2, 0.25) is 5.91 Å². The minimum atomic E-state index is 0.126. The average Bonchev–Trinajstić information content (AvgIpc) is 2.61. The van der Waals surface area contributed by atoms with Crippen molar-refractivity contribution < 1.29 is 4.79 Å². The molecule has 0 aliphatic carbocycles. The van der Waals surface area contributed by atoms with Gasteiger partial charge in [0, 0.05) is 31.2 Å². The number of carbonyl (C=O) groups is 1. The highest BCUT2D eigenvalue weighted by Crippen LogP contribution is 2.21. The standard InChI is InChI=1S/C20H31N3OS/c1-4-5-6-11-21-19(24)17-9-12-23(13-10-17)20(25)22-18-14-15(2)7-8-16(18)3/h7-8,14,17H,4-6,9-13H2,1-3H3,(H,21,24)(H,22,25). The molecule has 138 valence electrons. The quantitative estimate of drug-likeness (QED) is 0.593. The Hall–Kier alpha value is -1.62. The number of anilines is 1. The van der Waals surface area contributed by atoms with Crippen LogP contribution in [0.5, 0.6) is 0 Å². The molecule has 25 heavy (non-hydrogen) atoms. The first-order valence-corrected chi connectivity index (χ1v) is 9.83. The molecule has 0 unspecified atom stereocenters. The number of thiocarbonyl (C=S) groups is 1. The molecule has 1 fully saturated rings. The normalized spacial score (nSPS) is 15.1. The van der Waals surface area contributed by atoms with E-state index in [0.717, 1.165) is 49.7 Å². The van der Waals surface area contributed by atoms with E-state index in [2.05, 4.69) is 54.5 Å². The van der Waals surface area contributed by atoms with Crippen molar-refractivity contribution in [3.05, 3.63) is 29.3 Å². The van der Waals surface area contributed by atoms with Crippen LogP contribution in [0.25, 0.3) is 0 Å². The Morgan fingerprint density at radius 2 is 1.96 bits per heavy atom. The fourth-order valence-corrected chi connectivity index (χ4v) is 3.43. The molecule has 0 aromatic heterocycles. The monoisotopic (exact) mass is 361 g/mol. The highest BCUT2D eigenvalue weighted by molar-refractivity contribution is 7.80. The minimum Gasteiger partial charge on any atom is -0.356 e. The maximum atomic E-state index is 12.2. The summed E-state index contributed by atoms with van der Waals surface area (Å²) in [5.74, 6) is 0.338. The third-order valence-corrected chi connectivity index (χ3v) is 5.23. The molecule has 5 heteroatoms. The number of carbonyl (C=O) groups excluding carboxylic acids is 1. The molecule has 4 nitrogen and oxygen atoms in total. The molecular weight excluding hydrogens is 330 g/mol. The van der Waals surface area contributed by atoms with E-state index in [4.69, 9.17) is 12.2 Å². The van der Waals surface area contributed by atoms with E-state index in [-0.39, 0.29) is 11.8 Å². The Balaban J connectivity index is 1.78. The number of rotatable bonds is 6. The number of hydrogen-bond acceptors (Lipinski definition) is 2. The Labute approximate surface area is 157 Å². The van der Waals surface area contributed by atoms with Crippen molar-refractivity contribution in [2.24, 2.45) is 5.92 Å². The third-order valence-electron chi connectivity index (χ3n) is 4.87. The Kier molecular flexibility index (Phi) is 7.69. The summed E-state index contributed by atoms with van der Waals surface area (Å²) >= 11 is 5.58. The molecule has 1 aliphatic rings. The summed E-state index contributed by atoms with van der Waals surface area (Å²) in [5.41, 5.74) is 3.48. The molecule has 0 atom stereocenters. The molecule has 0 radical (unpaired) electrons. The van der Waals surface area contributed by atoms with E-state index >= 15 is 0 Å². The van der Waals surface area contributed by atoms with Gasteiger partial charge in [0.25, 0.3) is 0 Å². The lowest BCUT2D eigenvalue weighted by Gasteiger charge is -2.33. The first-order chi connectivity index (χ1) is 12.0. The lowest BCUT2D eigenvalue weighted by molar-refractivity contribution is -0.126. The number of piperidine rings is 1. The molecule has 1 aromatic carbocycles. The summed E-state index contributed by atoms with van der Waals surface area (Å²) in [7, 11) is 0. The van der Waals surface area contributed by atoms with Crippen LogP contribution in [0, 0.1) is 19.8 Å². The van der Waals surface area contributed by atoms with Gasteiger partial charge in [0.15, 0.2) is 5.11 Å². The number of nitrogens with zero attached hydrogens (tertiary/aromatic N) is 1. The summed E-state index contributed by atoms with van der Waals surface area (Å²) in [6.45, 7) is 8.82. The molecule has 0 bridgehead atoms. The van der Waals surface area contributed by atoms with E-state index in [1.165, 1.54) is 24.0 Å². The second-order valence-corrected chi connectivity index (χ2v) is 7.39. The van der Waals surface area contributed by atoms with Crippen molar-refractivity contribution in [1.29, 1.82) is 0 Å². The Morgan fingerprint density at radius 1 is 1.24 bits per heavy atom. The van der Waals surface area contributed by atoms with Gasteiger partial charge in [-0.3, -0.25) is 4.79 Å². The first-order valence-electron chi connectivity index (χ1n) is 9.42. The van der Waals surface area contributed by atoms with E-state index < -0.39 is 0 Å². The van der Waals surface area contributed by atoms with Crippen molar-refractivity contribution >= 4 is 28.9 Å². The largest absolute Gasteiger partial charge is 0.356 e. The van der Waals surface area contributed by atoms with Crippen LogP contribution in [0.4, 0.5) is 5.69 Å². The van der Waals surface area contributed by atoms with Gasteiger partial charge >= 0.3 is 0 Å². The van der Waals surface area contributed by atoms with Gasteiger partial charge in [-0.2, -0.15) is 0 Å². The topological polar surface area (TPSA) is 44.4 Å². The minimum absolute atomic E-state index is 0.126. The Morgan fingerprint density at radius 3 is 2.64 bits per heavy atom. The third kappa shape index (κ3) is 5.99. The fourth-order valence-electron chi connectivity index (χ4n) is 3.14. The van der Waals surface area contributed by atoms with Crippen LogP contribution in [0.15, 0.2) is 18.2 Å². The summed E-state index contributed by atoms with van der Waals surface area (Å²) in [6.07, 6.45) is 5.17. The number of unbranched alkanes of at least 4 members (excludes halogenated alkanes) is 2. The second-order valence-electron chi connectivity index (χ2n) is 7.01. The van der Waals surface area contributed by atoms with Gasteiger partial charge in [0.1, 0.15) is 0 Å². The van der Waals surface area contributed by atoms with Crippen LogP contribution in [-0.2, 0) is 4.79 Å². The first kappa shape index (κ1) is 19.7. The Bertz CT molecular complexity index is 595. The molecule has 1 aliphatic heterocycles. The number of benzene rings is 1. The van der Waals surface area contributed by atoms with Gasteiger partial charge in [-0.15, -0.1) is 0 Å². The van der Waals surface area contributed by atoms with Crippen molar-refractivity contribution in [2.45, 2.75) is 52.9 Å². The second kappa shape index (κ2) is 9.76. The number of aryl methyl sites for hydroxylation is 2. The van der Waals surface area contributed by atoms with Crippen molar-refractivity contribution in [1.82, 2.24) is 10.2 Å². The van der Waals surface area contributed by atoms with Crippen LogP contribution in [-0.4, -0.2) is 35.6 Å². The van der Waals surface area contributed by atoms with Gasteiger partial charge in [-0.05, 0) is 62.5 Å². The van der Waals surface area contributed by atoms with Crippen molar-refractivity contribution in [2.75, 3.05) is 25.0 Å². The van der Waals surface area contributed by atoms with Crippen molar-refractivity contribution in [3.63, 3.8) is 0 Å². The fraction of sp³-hybridized carbons (Fsp3) is 0.600. The van der Waals surface area contributed by atoms with Crippen LogP contribution >= 0.6 is 12.2 Å². The van der Waals surface area contributed by atoms with Gasteiger partial charge in [-0.25, -0.2) is 0 Å². The van der Waals surface area contributed by atoms with Crippen LogP contribution < -0.4 is 10.6 Å². The maximum absolute atomic E-state index is 12.2. The van der Waals surface area contributed by atoms with E-state index in [9.17, 15) is 4.79 Å². The molecule has 1 saturated heterocycles. The SMILES string of the molecule is CCCCCNC(=O)C1CCN(C(=S)Nc2cc(C)ccc2C)CC1. The zero-order valence-corrected chi connectivity index (χ0v) is 16.5. The van der Waals surface area contributed by atoms with Gasteiger partial charge in [0.05, 0.1) is 0 Å². The maximum Gasteiger partial charge on any atom is 0.223 e. The zero-order valence-electron chi connectivity index (χ0n) is 15.7. The molecule has 2 N–H and O–H groups in total. The van der Waals surface area contributed by atoms with Crippen LogP contribution in [0.1, 0.15) is 50.2 Å². The highest BCUT2D eigenvalue weighted by Gasteiger charge is 2.25. The number of likely N-dealkylation sites (tertiary alicyclic amines) is 1. The number of amides is 1. The summed E-state index contributed by atoms with van der Waals surface area (Å²) < 4.78 is 0. The lowest BCUT2D eigenvalue weighted by Crippen LogP contribution is -2.44. The molecule has 1 aromatic rings. The smallest absolute Gasteiger partial charge is 0.223 e. The molecular formula is C20H31N3OS. The number of nitrogens with one attached hydrogen (secondary N) is 2. The number of hydrogen-bond donors (Lipinski definition) is 2. The predicted octanol–water partition coefficient (Wildman–Crippen LogP) is 4.02. The molecule has 2 rings (SSSR count). The molecule has 1 amide bonds. The lowest BCUT2D eigenvalue weighted by atomic mass is 9.96. The molecule has 0 saturated carbocycles. The summed E-state index contributed by atoms with van der Waals surface area (Å²) in [4.78, 5) is 14.4. The summed E-state index contributed by atoms with van der Waals surface area (Å²) in [5, 5.41) is 7.21. The van der Waals surface area contributed by atoms with Crippen LogP contribution in [0.2, 0.25) is 0 Å². The zero-order chi connectivity index (χ0) is 18.2. The molecule has 1 heterocycles. The van der Waals surface area contributed by atoms with Gasteiger partial charge in [-0.1, -0.05) is 31.9 Å². The van der Waals surface area contributed by atoms with E-state index in [0.29, 0.717) is 0 Å². The van der Waals surface area contributed by atoms with E-state index in [1.54, 1.807) is 0 Å². The summed E-state index contributed by atoms with van der Waals surface area (Å²) in [6, 6.07) is 6.34. The highest BCUT2D eigenvalue weighted by atomic mass is 32.1. The van der Waals surface area contributed by atoms with Gasteiger partial charge < -0.3 is 15.5 Å². The molecule has 0 spiro atoms. The van der Waals surface area contributed by atoms with Crippen LogP contribution in [0.3, 0.4) is 0 Å². The average molecular weight is 362 g/mol. The predicted molar refractivity (Wildman–Crippen MR) is 109 cm³/mol.